The zero-order chi connectivity index (χ0) is 26.0. The van der Waals surface area contributed by atoms with Gasteiger partial charge in [-0.05, 0) is 42.8 Å². The Balaban J connectivity index is 1.71. The number of nitrogens with zero attached hydrogens (tertiary/aromatic N) is 3. The number of carbonyl (C=O) groups is 1. The molecule has 0 aliphatic carbocycles. The molecule has 1 aromatic heterocycles. The Hall–Kier alpha value is -3.61. The third-order valence-corrected chi connectivity index (χ3v) is 7.03. The molecule has 3 aromatic rings. The minimum atomic E-state index is -3.54. The van der Waals surface area contributed by atoms with Crippen LogP contribution in [-0.4, -0.2) is 68.0 Å². The number of hydrogen-bond donors (Lipinski definition) is 3. The quantitative estimate of drug-likeness (QED) is 0.429. The van der Waals surface area contributed by atoms with Crippen LogP contribution < -0.4 is 20.7 Å². The monoisotopic (exact) mass is 515 g/mol. The van der Waals surface area contributed by atoms with E-state index in [1.807, 2.05) is 0 Å². The molecule has 2 atom stereocenters. The summed E-state index contributed by atoms with van der Waals surface area (Å²) in [6.45, 7) is 0.177. The van der Waals surface area contributed by atoms with Gasteiger partial charge in [-0.15, -0.1) is 0 Å². The number of aromatic nitrogens is 2. The summed E-state index contributed by atoms with van der Waals surface area (Å²) < 4.78 is 44.1. The Bertz CT molecular complexity index is 1400. The van der Waals surface area contributed by atoms with Crippen molar-refractivity contribution in [3.8, 4) is 17.1 Å². The normalized spacial score (nSPS) is 17.8. The number of nitrogens with one attached hydrogen (secondary N) is 1. The fourth-order valence-corrected chi connectivity index (χ4v) is 4.83. The summed E-state index contributed by atoms with van der Waals surface area (Å²) in [6.07, 6.45) is 2.92. The Morgan fingerprint density at radius 1 is 1.31 bits per heavy atom. The molecule has 1 amide bonds. The maximum absolute atomic E-state index is 14.5. The summed E-state index contributed by atoms with van der Waals surface area (Å²) in [5.41, 5.74) is 6.78. The first-order valence-corrected chi connectivity index (χ1v) is 13.0. The molecule has 12 heteroatoms. The number of methoxy groups -OCH3 is 1. The molecular formula is C24H26FN5O5S. The molecule has 4 N–H and O–H groups in total. The van der Waals surface area contributed by atoms with E-state index in [2.05, 4.69) is 15.3 Å². The molecule has 0 radical (unpaired) electrons. The first kappa shape index (κ1) is 25.5. The van der Waals surface area contributed by atoms with Gasteiger partial charge in [0.15, 0.2) is 15.7 Å². The third kappa shape index (κ3) is 5.15. The largest absolute Gasteiger partial charge is 0.496 e. The Morgan fingerprint density at radius 3 is 2.78 bits per heavy atom. The Morgan fingerprint density at radius 2 is 2.08 bits per heavy atom. The molecule has 1 aliphatic heterocycles. The van der Waals surface area contributed by atoms with Gasteiger partial charge in [0.2, 0.25) is 0 Å². The molecule has 2 heterocycles. The van der Waals surface area contributed by atoms with Crippen molar-refractivity contribution in [2.75, 3.05) is 36.7 Å². The van der Waals surface area contributed by atoms with Crippen LogP contribution in [-0.2, 0) is 9.84 Å². The second kappa shape index (κ2) is 10.2. The molecular weight excluding hydrogens is 489 g/mol. The molecule has 1 aliphatic rings. The number of sulfone groups is 1. The SMILES string of the molecule is COc1cccc(F)c1-c1nccc(C(=O)Nc2ccc(S(C)(=O)=O)cc2N2C[C@@H](N)C[C@H]2CO)n1. The summed E-state index contributed by atoms with van der Waals surface area (Å²) in [5, 5.41) is 12.6. The lowest BCUT2D eigenvalue weighted by atomic mass is 10.1. The van der Waals surface area contributed by atoms with Crippen molar-refractivity contribution in [2.45, 2.75) is 23.4 Å². The summed E-state index contributed by atoms with van der Waals surface area (Å²) in [7, 11) is -2.15. The van der Waals surface area contributed by atoms with Gasteiger partial charge in [-0.2, -0.15) is 0 Å². The molecule has 10 nitrogen and oxygen atoms in total. The van der Waals surface area contributed by atoms with Crippen molar-refractivity contribution < 1.29 is 27.4 Å². The van der Waals surface area contributed by atoms with Crippen LogP contribution in [0.2, 0.25) is 0 Å². The third-order valence-electron chi connectivity index (χ3n) is 5.92. The van der Waals surface area contributed by atoms with Gasteiger partial charge in [0, 0.05) is 25.0 Å². The summed E-state index contributed by atoms with van der Waals surface area (Å²) in [4.78, 5) is 23.3. The molecule has 0 bridgehead atoms. The average molecular weight is 516 g/mol. The van der Waals surface area contributed by atoms with E-state index in [1.165, 1.54) is 49.7 Å². The molecule has 1 saturated heterocycles. The number of nitrogens with two attached hydrogens (primary N) is 1. The highest BCUT2D eigenvalue weighted by Gasteiger charge is 2.32. The predicted molar refractivity (Wildman–Crippen MR) is 132 cm³/mol. The zero-order valence-corrected chi connectivity index (χ0v) is 20.5. The van der Waals surface area contributed by atoms with Gasteiger partial charge in [0.1, 0.15) is 17.3 Å². The topological polar surface area (TPSA) is 148 Å². The highest BCUT2D eigenvalue weighted by Crippen LogP contribution is 2.35. The second-order valence-corrected chi connectivity index (χ2v) is 10.5. The van der Waals surface area contributed by atoms with E-state index in [-0.39, 0.29) is 46.4 Å². The zero-order valence-electron chi connectivity index (χ0n) is 19.7. The number of aliphatic hydroxyl groups excluding tert-OH is 1. The lowest BCUT2D eigenvalue weighted by molar-refractivity contribution is 0.102. The maximum Gasteiger partial charge on any atom is 0.274 e. The fourth-order valence-electron chi connectivity index (χ4n) is 4.19. The van der Waals surface area contributed by atoms with E-state index >= 15 is 0 Å². The number of amides is 1. The van der Waals surface area contributed by atoms with Gasteiger partial charge in [0.05, 0.1) is 41.6 Å². The number of ether oxygens (including phenoxy) is 1. The summed E-state index contributed by atoms with van der Waals surface area (Å²) in [6, 6.07) is 9.39. The van der Waals surface area contributed by atoms with E-state index in [9.17, 15) is 22.7 Å². The van der Waals surface area contributed by atoms with Crippen molar-refractivity contribution in [3.63, 3.8) is 0 Å². The Kier molecular flexibility index (Phi) is 7.20. The van der Waals surface area contributed by atoms with Crippen LogP contribution in [0.3, 0.4) is 0 Å². The molecule has 1 fully saturated rings. The highest BCUT2D eigenvalue weighted by atomic mass is 32.2. The molecule has 190 valence electrons. The molecule has 0 saturated carbocycles. The summed E-state index contributed by atoms with van der Waals surface area (Å²) >= 11 is 0. The van der Waals surface area contributed by atoms with Crippen molar-refractivity contribution in [3.05, 3.63) is 60.2 Å². The lowest BCUT2D eigenvalue weighted by Gasteiger charge is -2.28. The van der Waals surface area contributed by atoms with Gasteiger partial charge >= 0.3 is 0 Å². The van der Waals surface area contributed by atoms with Gasteiger partial charge < -0.3 is 25.8 Å². The number of hydrogen-bond acceptors (Lipinski definition) is 9. The number of carbonyl (C=O) groups excluding carboxylic acids is 1. The molecule has 4 rings (SSSR count). The first-order valence-electron chi connectivity index (χ1n) is 11.1. The number of benzene rings is 2. The van der Waals surface area contributed by atoms with Crippen LogP contribution in [0, 0.1) is 5.82 Å². The van der Waals surface area contributed by atoms with Gasteiger partial charge in [-0.25, -0.2) is 22.8 Å². The molecule has 2 aromatic carbocycles. The standard InChI is InChI=1S/C24H26FN5O5S/c1-35-21-5-3-4-17(25)22(21)23-27-9-8-19(28-23)24(32)29-18-7-6-16(36(2,33)34)11-20(18)30-12-14(26)10-15(30)13-31/h3-9,11,14-15,31H,10,12-13,26H2,1-2H3,(H,29,32)/t14-,15-/m0/s1. The van der Waals surface area contributed by atoms with Gasteiger partial charge in [0.25, 0.3) is 5.91 Å². The second-order valence-electron chi connectivity index (χ2n) is 8.47. The van der Waals surface area contributed by atoms with Crippen LogP contribution in [0.4, 0.5) is 15.8 Å². The first-order chi connectivity index (χ1) is 17.1. The van der Waals surface area contributed by atoms with Crippen LogP contribution in [0.1, 0.15) is 16.9 Å². The van der Waals surface area contributed by atoms with E-state index in [0.717, 1.165) is 6.26 Å². The summed E-state index contributed by atoms with van der Waals surface area (Å²) in [5.74, 6) is -1.04. The molecule has 0 unspecified atom stereocenters. The fraction of sp³-hybridized carbons (Fsp3) is 0.292. The number of anilines is 2. The highest BCUT2D eigenvalue weighted by molar-refractivity contribution is 7.90. The minimum absolute atomic E-state index is 0.0182. The van der Waals surface area contributed by atoms with Crippen molar-refractivity contribution >= 4 is 27.1 Å². The van der Waals surface area contributed by atoms with Crippen molar-refractivity contribution in [1.29, 1.82) is 0 Å². The molecule has 36 heavy (non-hydrogen) atoms. The van der Waals surface area contributed by atoms with Crippen LogP contribution in [0.15, 0.2) is 53.6 Å². The van der Waals surface area contributed by atoms with E-state index in [0.29, 0.717) is 24.3 Å². The predicted octanol–water partition coefficient (Wildman–Crippen LogP) is 1.85. The number of rotatable bonds is 7. The number of halogens is 1. The maximum atomic E-state index is 14.5. The molecule has 0 spiro atoms. The van der Waals surface area contributed by atoms with E-state index in [1.54, 1.807) is 11.0 Å². The Labute approximate surface area is 207 Å². The number of aliphatic hydroxyl groups is 1. The van der Waals surface area contributed by atoms with Crippen molar-refractivity contribution in [1.82, 2.24) is 9.97 Å². The van der Waals surface area contributed by atoms with E-state index in [4.69, 9.17) is 10.5 Å². The van der Waals surface area contributed by atoms with E-state index < -0.39 is 21.6 Å². The van der Waals surface area contributed by atoms with Crippen LogP contribution in [0.25, 0.3) is 11.4 Å². The lowest BCUT2D eigenvalue weighted by Crippen LogP contribution is -2.34. The van der Waals surface area contributed by atoms with Gasteiger partial charge in [-0.3, -0.25) is 4.79 Å². The van der Waals surface area contributed by atoms with Crippen molar-refractivity contribution in [2.24, 2.45) is 5.73 Å². The van der Waals surface area contributed by atoms with Gasteiger partial charge in [-0.1, -0.05) is 6.07 Å². The van der Waals surface area contributed by atoms with Crippen LogP contribution in [0.5, 0.6) is 5.75 Å². The smallest absolute Gasteiger partial charge is 0.274 e. The average Bonchev–Trinajstić information content (AvgIpc) is 3.23. The minimum Gasteiger partial charge on any atom is -0.496 e. The van der Waals surface area contributed by atoms with Crippen LogP contribution >= 0.6 is 0 Å².